The summed E-state index contributed by atoms with van der Waals surface area (Å²) in [5, 5.41) is 20.7. The Hall–Kier alpha value is -2.34. The van der Waals surface area contributed by atoms with Gasteiger partial charge < -0.3 is 9.67 Å². The Morgan fingerprint density at radius 3 is 2.62 bits per heavy atom. The summed E-state index contributed by atoms with van der Waals surface area (Å²) < 4.78 is 1.67. The molecule has 1 aromatic heterocycles. The zero-order valence-electron chi connectivity index (χ0n) is 10.8. The predicted molar refractivity (Wildman–Crippen MR) is 76.8 cm³/mol. The Morgan fingerprint density at radius 1 is 1.33 bits per heavy atom. The number of halogens is 1. The fraction of sp³-hybridized carbons (Fsp3) is 0.214. The highest BCUT2D eigenvalue weighted by atomic mass is 35.5. The summed E-state index contributed by atoms with van der Waals surface area (Å²) in [7, 11) is 0. The van der Waals surface area contributed by atoms with Crippen LogP contribution in [0.4, 0.5) is 5.69 Å². The van der Waals surface area contributed by atoms with E-state index in [1.807, 2.05) is 0 Å². The first kappa shape index (κ1) is 13.6. The number of aromatic carboxylic acids is 1. The second-order valence-corrected chi connectivity index (χ2v) is 5.37. The van der Waals surface area contributed by atoms with Gasteiger partial charge in [-0.2, -0.15) is 0 Å². The molecule has 1 saturated carbocycles. The van der Waals surface area contributed by atoms with E-state index >= 15 is 0 Å². The molecule has 7 heteroatoms. The Bertz CT molecular complexity index is 749. The molecule has 1 N–H and O–H groups in total. The summed E-state index contributed by atoms with van der Waals surface area (Å²) >= 11 is 5.81. The van der Waals surface area contributed by atoms with Gasteiger partial charge in [0.05, 0.1) is 16.2 Å². The predicted octanol–water partition coefficient (Wildman–Crippen LogP) is 3.75. The molecule has 0 radical (unpaired) electrons. The van der Waals surface area contributed by atoms with Crippen molar-refractivity contribution in [3.8, 4) is 11.3 Å². The van der Waals surface area contributed by atoms with Crippen molar-refractivity contribution in [3.63, 3.8) is 0 Å². The number of nitro benzene ring substituents is 1. The number of hydrogen-bond donors (Lipinski definition) is 1. The molecule has 0 atom stereocenters. The average Bonchev–Trinajstić information content (AvgIpc) is 3.17. The van der Waals surface area contributed by atoms with Gasteiger partial charge in [0.2, 0.25) is 0 Å². The maximum Gasteiger partial charge on any atom is 0.352 e. The molecule has 0 bridgehead atoms. The molecule has 6 nitrogen and oxygen atoms in total. The molecule has 1 aliphatic rings. The second kappa shape index (κ2) is 4.89. The standard InChI is InChI=1S/C14H11ClN2O4/c15-8-1-4-10(13(7-8)17(20)21)11-5-6-12(14(18)19)16(11)9-2-3-9/h1,4-7,9H,2-3H2,(H,18,19). The lowest BCUT2D eigenvalue weighted by atomic mass is 10.1. The van der Waals surface area contributed by atoms with Crippen molar-refractivity contribution in [1.82, 2.24) is 4.57 Å². The van der Waals surface area contributed by atoms with Gasteiger partial charge in [0.15, 0.2) is 0 Å². The third-order valence-electron chi connectivity index (χ3n) is 3.48. The average molecular weight is 307 g/mol. The second-order valence-electron chi connectivity index (χ2n) is 4.93. The van der Waals surface area contributed by atoms with Crippen LogP contribution < -0.4 is 0 Å². The normalized spacial score (nSPS) is 14.1. The van der Waals surface area contributed by atoms with Gasteiger partial charge in [-0.25, -0.2) is 4.79 Å². The van der Waals surface area contributed by atoms with Crippen molar-refractivity contribution >= 4 is 23.3 Å². The van der Waals surface area contributed by atoms with Gasteiger partial charge in [-0.3, -0.25) is 10.1 Å². The molecule has 0 unspecified atom stereocenters. The molecule has 1 heterocycles. The number of carboxylic acids is 1. The van der Waals surface area contributed by atoms with Crippen LogP contribution in [0.25, 0.3) is 11.3 Å². The van der Waals surface area contributed by atoms with Gasteiger partial charge in [0, 0.05) is 17.1 Å². The van der Waals surface area contributed by atoms with Crippen LogP contribution in [-0.2, 0) is 0 Å². The maximum absolute atomic E-state index is 11.3. The molecule has 1 fully saturated rings. The SMILES string of the molecule is O=C(O)c1ccc(-c2ccc(Cl)cc2[N+](=O)[O-])n1C1CC1. The van der Waals surface area contributed by atoms with Crippen LogP contribution in [-0.4, -0.2) is 20.6 Å². The molecule has 21 heavy (non-hydrogen) atoms. The third-order valence-corrected chi connectivity index (χ3v) is 3.72. The van der Waals surface area contributed by atoms with E-state index in [9.17, 15) is 20.0 Å². The first-order chi connectivity index (χ1) is 9.99. The molecular weight excluding hydrogens is 296 g/mol. The molecule has 0 spiro atoms. The number of carbonyl (C=O) groups is 1. The van der Waals surface area contributed by atoms with Crippen LogP contribution in [0.1, 0.15) is 29.4 Å². The smallest absolute Gasteiger partial charge is 0.352 e. The number of carboxylic acid groups (broad SMARTS) is 1. The highest BCUT2D eigenvalue weighted by Gasteiger charge is 2.31. The molecule has 1 aliphatic carbocycles. The molecule has 108 valence electrons. The highest BCUT2D eigenvalue weighted by Crippen LogP contribution is 2.42. The van der Waals surface area contributed by atoms with Gasteiger partial charge in [-0.1, -0.05) is 11.6 Å². The quantitative estimate of drug-likeness (QED) is 0.688. The first-order valence-corrected chi connectivity index (χ1v) is 6.75. The molecule has 3 rings (SSSR count). The number of nitro groups is 1. The van der Waals surface area contributed by atoms with Crippen LogP contribution in [0.2, 0.25) is 5.02 Å². The lowest BCUT2D eigenvalue weighted by Gasteiger charge is -2.11. The van der Waals surface area contributed by atoms with Crippen molar-refractivity contribution in [2.45, 2.75) is 18.9 Å². The minimum atomic E-state index is -1.04. The van der Waals surface area contributed by atoms with Gasteiger partial charge in [-0.05, 0) is 37.1 Å². The van der Waals surface area contributed by atoms with E-state index < -0.39 is 10.9 Å². The lowest BCUT2D eigenvalue weighted by molar-refractivity contribution is -0.384. The van der Waals surface area contributed by atoms with Crippen molar-refractivity contribution < 1.29 is 14.8 Å². The number of aromatic nitrogens is 1. The largest absolute Gasteiger partial charge is 0.477 e. The minimum Gasteiger partial charge on any atom is -0.477 e. The summed E-state index contributed by atoms with van der Waals surface area (Å²) in [6.07, 6.45) is 1.76. The monoisotopic (exact) mass is 306 g/mol. The Labute approximate surface area is 124 Å². The minimum absolute atomic E-state index is 0.0939. The Kier molecular flexibility index (Phi) is 3.17. The zero-order valence-corrected chi connectivity index (χ0v) is 11.6. The van der Waals surface area contributed by atoms with Crippen molar-refractivity contribution in [2.75, 3.05) is 0 Å². The van der Waals surface area contributed by atoms with E-state index in [2.05, 4.69) is 0 Å². The molecule has 1 aromatic carbocycles. The molecular formula is C14H11ClN2O4. The van der Waals surface area contributed by atoms with Crippen LogP contribution in [0.5, 0.6) is 0 Å². The van der Waals surface area contributed by atoms with E-state index in [0.29, 0.717) is 11.3 Å². The highest BCUT2D eigenvalue weighted by molar-refractivity contribution is 6.30. The van der Waals surface area contributed by atoms with Gasteiger partial charge in [0.25, 0.3) is 5.69 Å². The fourth-order valence-electron chi connectivity index (χ4n) is 2.44. The molecule has 0 aliphatic heterocycles. The summed E-state index contributed by atoms with van der Waals surface area (Å²) in [6, 6.07) is 7.58. The number of hydrogen-bond acceptors (Lipinski definition) is 3. The van der Waals surface area contributed by atoms with Crippen LogP contribution in [0.15, 0.2) is 30.3 Å². The third kappa shape index (κ3) is 2.38. The summed E-state index contributed by atoms with van der Waals surface area (Å²) in [5.74, 6) is -1.04. The van der Waals surface area contributed by atoms with Crippen LogP contribution >= 0.6 is 11.6 Å². The summed E-state index contributed by atoms with van der Waals surface area (Å²) in [4.78, 5) is 22.0. The molecule has 0 saturated heterocycles. The van der Waals surface area contributed by atoms with Gasteiger partial charge in [0.1, 0.15) is 5.69 Å². The fourth-order valence-corrected chi connectivity index (χ4v) is 2.61. The van der Waals surface area contributed by atoms with Crippen molar-refractivity contribution in [3.05, 3.63) is 51.2 Å². The zero-order chi connectivity index (χ0) is 15.1. The van der Waals surface area contributed by atoms with E-state index in [1.165, 1.54) is 12.1 Å². The number of benzene rings is 1. The molecule has 2 aromatic rings. The topological polar surface area (TPSA) is 85.4 Å². The maximum atomic E-state index is 11.3. The first-order valence-electron chi connectivity index (χ1n) is 6.38. The molecule has 0 amide bonds. The number of nitrogens with zero attached hydrogens (tertiary/aromatic N) is 2. The summed E-state index contributed by atoms with van der Waals surface area (Å²) in [6.45, 7) is 0. The van der Waals surface area contributed by atoms with Gasteiger partial charge in [-0.15, -0.1) is 0 Å². The van der Waals surface area contributed by atoms with E-state index in [1.54, 1.807) is 22.8 Å². The van der Waals surface area contributed by atoms with Crippen molar-refractivity contribution in [2.24, 2.45) is 0 Å². The van der Waals surface area contributed by atoms with Crippen LogP contribution in [0.3, 0.4) is 0 Å². The summed E-state index contributed by atoms with van der Waals surface area (Å²) in [5.41, 5.74) is 0.943. The Balaban J connectivity index is 2.22. The van der Waals surface area contributed by atoms with Crippen molar-refractivity contribution in [1.29, 1.82) is 0 Å². The lowest BCUT2D eigenvalue weighted by Crippen LogP contribution is -2.08. The van der Waals surface area contributed by atoms with E-state index in [-0.39, 0.29) is 22.4 Å². The van der Waals surface area contributed by atoms with E-state index in [4.69, 9.17) is 11.6 Å². The Morgan fingerprint density at radius 2 is 2.05 bits per heavy atom. The van der Waals surface area contributed by atoms with Gasteiger partial charge >= 0.3 is 5.97 Å². The van der Waals surface area contributed by atoms with Crippen LogP contribution in [0, 0.1) is 10.1 Å². The number of rotatable bonds is 4. The van der Waals surface area contributed by atoms with E-state index in [0.717, 1.165) is 12.8 Å².